The molecule has 1 aromatic heterocycles. The first-order chi connectivity index (χ1) is 13.7. The fraction of sp³-hybridized carbons (Fsp3) is 0.700. The number of aromatic nitrogens is 2. The summed E-state index contributed by atoms with van der Waals surface area (Å²) in [4.78, 5) is 38.7. The van der Waals surface area contributed by atoms with Gasteiger partial charge in [0.2, 0.25) is 11.8 Å². The Labute approximate surface area is 171 Å². The standard InChI is InChI=1S/C20H32N4O5/c1-20(2,3)24-16(25)11-15(19(27)21-8-6-7-17(26)29-5)18(24)14-12-22-23(13-14)9-10-28-4/h12-13,15,18H,6-11H2,1-5H3,(H,21,27)/t15-,18-/m1/s1. The van der Waals surface area contributed by atoms with Crippen molar-refractivity contribution in [1.29, 1.82) is 0 Å². The summed E-state index contributed by atoms with van der Waals surface area (Å²) in [5, 5.41) is 7.22. The molecule has 1 fully saturated rings. The molecule has 2 atom stereocenters. The molecule has 0 aliphatic carbocycles. The summed E-state index contributed by atoms with van der Waals surface area (Å²) in [6.07, 6.45) is 4.47. The van der Waals surface area contributed by atoms with Crippen molar-refractivity contribution in [3.8, 4) is 0 Å². The Morgan fingerprint density at radius 3 is 2.66 bits per heavy atom. The number of hydrogen-bond acceptors (Lipinski definition) is 6. The summed E-state index contributed by atoms with van der Waals surface area (Å²) in [6, 6.07) is -0.389. The first-order valence-corrected chi connectivity index (χ1v) is 9.87. The molecule has 1 aromatic rings. The van der Waals surface area contributed by atoms with Crippen LogP contribution in [0.3, 0.4) is 0 Å². The van der Waals surface area contributed by atoms with Crippen molar-refractivity contribution in [2.75, 3.05) is 27.4 Å². The molecule has 0 unspecified atom stereocenters. The van der Waals surface area contributed by atoms with Crippen molar-refractivity contribution < 1.29 is 23.9 Å². The summed E-state index contributed by atoms with van der Waals surface area (Å²) in [5.41, 5.74) is 0.396. The Bertz CT molecular complexity index is 725. The molecule has 2 rings (SSSR count). The van der Waals surface area contributed by atoms with Crippen molar-refractivity contribution in [2.45, 2.75) is 58.2 Å². The second-order valence-electron chi connectivity index (χ2n) is 8.19. The van der Waals surface area contributed by atoms with E-state index in [2.05, 4.69) is 15.2 Å². The minimum Gasteiger partial charge on any atom is -0.469 e. The molecule has 0 bridgehead atoms. The van der Waals surface area contributed by atoms with E-state index in [0.717, 1.165) is 5.56 Å². The lowest BCUT2D eigenvalue weighted by Gasteiger charge is -2.38. The monoisotopic (exact) mass is 408 g/mol. The lowest BCUT2D eigenvalue weighted by atomic mass is 9.92. The van der Waals surface area contributed by atoms with Crippen LogP contribution in [0.15, 0.2) is 12.4 Å². The summed E-state index contributed by atoms with van der Waals surface area (Å²) >= 11 is 0. The molecular weight excluding hydrogens is 376 g/mol. The van der Waals surface area contributed by atoms with Crippen LogP contribution in [-0.4, -0.2) is 65.4 Å². The minimum atomic E-state index is -0.514. The zero-order valence-electron chi connectivity index (χ0n) is 17.9. The Balaban J connectivity index is 2.16. The number of nitrogens with one attached hydrogen (secondary N) is 1. The SMILES string of the molecule is COCCn1cc([C@@H]2[C@H](C(=O)NCCCC(=O)OC)CC(=O)N2C(C)(C)C)cn1. The van der Waals surface area contributed by atoms with E-state index in [4.69, 9.17) is 4.74 Å². The van der Waals surface area contributed by atoms with Crippen molar-refractivity contribution >= 4 is 17.8 Å². The molecule has 9 heteroatoms. The highest BCUT2D eigenvalue weighted by Gasteiger charge is 2.48. The average Bonchev–Trinajstić information content (AvgIpc) is 3.26. The van der Waals surface area contributed by atoms with E-state index in [0.29, 0.717) is 26.1 Å². The molecule has 0 radical (unpaired) electrons. The van der Waals surface area contributed by atoms with E-state index >= 15 is 0 Å². The van der Waals surface area contributed by atoms with Crippen LogP contribution in [0.4, 0.5) is 0 Å². The van der Waals surface area contributed by atoms with Crippen molar-refractivity contribution in [1.82, 2.24) is 20.0 Å². The first-order valence-electron chi connectivity index (χ1n) is 9.87. The van der Waals surface area contributed by atoms with Gasteiger partial charge in [0.1, 0.15) is 0 Å². The molecule has 0 spiro atoms. The van der Waals surface area contributed by atoms with Crippen LogP contribution >= 0.6 is 0 Å². The van der Waals surface area contributed by atoms with Gasteiger partial charge in [-0.1, -0.05) is 0 Å². The number of rotatable bonds is 9. The molecule has 1 aliphatic heterocycles. The molecule has 1 aliphatic rings. The van der Waals surface area contributed by atoms with Gasteiger partial charge in [0.25, 0.3) is 0 Å². The smallest absolute Gasteiger partial charge is 0.305 e. The van der Waals surface area contributed by atoms with Crippen molar-refractivity contribution in [3.05, 3.63) is 18.0 Å². The number of ether oxygens (including phenoxy) is 2. The van der Waals surface area contributed by atoms with Crippen molar-refractivity contribution in [2.24, 2.45) is 5.92 Å². The quantitative estimate of drug-likeness (QED) is 0.488. The van der Waals surface area contributed by atoms with Gasteiger partial charge in [-0.25, -0.2) is 0 Å². The first kappa shape index (κ1) is 22.9. The van der Waals surface area contributed by atoms with Gasteiger partial charge in [-0.15, -0.1) is 0 Å². The fourth-order valence-electron chi connectivity index (χ4n) is 3.66. The normalized spacial score (nSPS) is 19.5. The topological polar surface area (TPSA) is 103 Å². The Kier molecular flexibility index (Phi) is 7.78. The highest BCUT2D eigenvalue weighted by atomic mass is 16.5. The van der Waals surface area contributed by atoms with Gasteiger partial charge < -0.3 is 19.7 Å². The minimum absolute atomic E-state index is 0.0538. The number of amides is 2. The van der Waals surface area contributed by atoms with Crippen LogP contribution in [-0.2, 0) is 30.4 Å². The predicted molar refractivity (Wildman–Crippen MR) is 106 cm³/mol. The molecule has 2 amide bonds. The maximum absolute atomic E-state index is 12.9. The van der Waals surface area contributed by atoms with Crippen molar-refractivity contribution in [3.63, 3.8) is 0 Å². The number of nitrogens with zero attached hydrogens (tertiary/aromatic N) is 3. The average molecular weight is 408 g/mol. The zero-order chi connectivity index (χ0) is 21.6. The van der Waals surface area contributed by atoms with Crippen LogP contribution in [0.1, 0.15) is 51.6 Å². The zero-order valence-corrected chi connectivity index (χ0v) is 17.9. The van der Waals surface area contributed by atoms with E-state index in [1.165, 1.54) is 7.11 Å². The Morgan fingerprint density at radius 1 is 1.31 bits per heavy atom. The number of hydrogen-bond donors (Lipinski definition) is 1. The van der Waals surface area contributed by atoms with E-state index in [9.17, 15) is 14.4 Å². The number of carbonyl (C=O) groups is 3. The van der Waals surface area contributed by atoms with Gasteiger partial charge in [-0.3, -0.25) is 19.1 Å². The summed E-state index contributed by atoms with van der Waals surface area (Å²) in [5.74, 6) is -1.07. The number of likely N-dealkylation sites (tertiary alicyclic amines) is 1. The third kappa shape index (κ3) is 5.79. The largest absolute Gasteiger partial charge is 0.469 e. The predicted octanol–water partition coefficient (Wildman–Crippen LogP) is 1.29. The second-order valence-corrected chi connectivity index (χ2v) is 8.19. The molecule has 29 heavy (non-hydrogen) atoms. The van der Waals surface area contributed by atoms with Crippen LogP contribution in [0.25, 0.3) is 0 Å². The fourth-order valence-corrected chi connectivity index (χ4v) is 3.66. The molecule has 162 valence electrons. The Morgan fingerprint density at radius 2 is 2.03 bits per heavy atom. The van der Waals surface area contributed by atoms with Crippen LogP contribution < -0.4 is 5.32 Å². The number of esters is 1. The van der Waals surface area contributed by atoms with Crippen LogP contribution in [0.2, 0.25) is 0 Å². The maximum atomic E-state index is 12.9. The molecule has 1 N–H and O–H groups in total. The van der Waals surface area contributed by atoms with Crippen LogP contribution in [0.5, 0.6) is 0 Å². The van der Waals surface area contributed by atoms with E-state index in [-0.39, 0.29) is 36.7 Å². The summed E-state index contributed by atoms with van der Waals surface area (Å²) < 4.78 is 11.5. The second kappa shape index (κ2) is 9.87. The lowest BCUT2D eigenvalue weighted by molar-refractivity contribution is -0.141. The van der Waals surface area contributed by atoms with Gasteiger partial charge in [-0.05, 0) is 27.2 Å². The molecule has 1 saturated heterocycles. The number of methoxy groups -OCH3 is 2. The van der Waals surface area contributed by atoms with Crippen LogP contribution in [0, 0.1) is 5.92 Å². The van der Waals surface area contributed by atoms with Gasteiger partial charge in [-0.2, -0.15) is 5.10 Å². The third-order valence-corrected chi connectivity index (χ3v) is 4.99. The molecular formula is C20H32N4O5. The third-order valence-electron chi connectivity index (χ3n) is 4.99. The maximum Gasteiger partial charge on any atom is 0.305 e. The lowest BCUT2D eigenvalue weighted by Crippen LogP contribution is -2.45. The van der Waals surface area contributed by atoms with Gasteiger partial charge in [0, 0.05) is 43.8 Å². The van der Waals surface area contributed by atoms with E-state index in [1.807, 2.05) is 27.0 Å². The number of carbonyl (C=O) groups excluding carboxylic acids is 3. The molecule has 0 saturated carbocycles. The molecule has 2 heterocycles. The summed E-state index contributed by atoms with van der Waals surface area (Å²) in [7, 11) is 2.96. The highest BCUT2D eigenvalue weighted by molar-refractivity contribution is 5.90. The van der Waals surface area contributed by atoms with Gasteiger partial charge in [0.15, 0.2) is 0 Å². The van der Waals surface area contributed by atoms with Gasteiger partial charge >= 0.3 is 5.97 Å². The van der Waals surface area contributed by atoms with E-state index in [1.54, 1.807) is 22.9 Å². The molecule has 0 aromatic carbocycles. The molecule has 9 nitrogen and oxygen atoms in total. The van der Waals surface area contributed by atoms with E-state index < -0.39 is 11.5 Å². The Hall–Kier alpha value is -2.42. The highest BCUT2D eigenvalue weighted by Crippen LogP contribution is 2.42. The summed E-state index contributed by atoms with van der Waals surface area (Å²) in [6.45, 7) is 7.36. The van der Waals surface area contributed by atoms with Gasteiger partial charge in [0.05, 0.1) is 38.4 Å².